The number of aliphatic hydroxyl groups excluding tert-OH is 1. The van der Waals surface area contributed by atoms with Gasteiger partial charge in [0, 0.05) is 24.6 Å². The van der Waals surface area contributed by atoms with E-state index in [0.717, 1.165) is 18.4 Å². The zero-order valence-corrected chi connectivity index (χ0v) is 12.8. The van der Waals surface area contributed by atoms with Gasteiger partial charge in [0.05, 0.1) is 12.1 Å². The van der Waals surface area contributed by atoms with E-state index < -0.39 is 0 Å². The molecule has 0 atom stereocenters. The molecule has 0 aliphatic carbocycles. The quantitative estimate of drug-likeness (QED) is 0.845. The zero-order valence-electron chi connectivity index (χ0n) is 12.8. The molecule has 0 radical (unpaired) electrons. The summed E-state index contributed by atoms with van der Waals surface area (Å²) in [5.41, 5.74) is 1.90. The summed E-state index contributed by atoms with van der Waals surface area (Å²) < 4.78 is 1.67. The lowest BCUT2D eigenvalue weighted by Gasteiger charge is -2.29. The van der Waals surface area contributed by atoms with Crippen LogP contribution in [0.15, 0.2) is 18.2 Å². The van der Waals surface area contributed by atoms with Crippen molar-refractivity contribution >= 4 is 16.9 Å². The Morgan fingerprint density at radius 2 is 2.10 bits per heavy atom. The van der Waals surface area contributed by atoms with Gasteiger partial charge in [0.1, 0.15) is 5.52 Å². The van der Waals surface area contributed by atoms with Crippen molar-refractivity contribution in [2.75, 3.05) is 13.2 Å². The average molecular weight is 290 g/mol. The van der Waals surface area contributed by atoms with E-state index >= 15 is 0 Å². The van der Waals surface area contributed by atoms with Gasteiger partial charge in [-0.15, -0.1) is 5.10 Å². The topological polar surface area (TPSA) is 80.0 Å². The van der Waals surface area contributed by atoms with Crippen LogP contribution in [0.2, 0.25) is 0 Å². The lowest BCUT2D eigenvalue weighted by Crippen LogP contribution is -2.39. The number of hydrogen-bond acceptors (Lipinski definition) is 4. The first-order valence-corrected chi connectivity index (χ1v) is 7.23. The maximum atomic E-state index is 12.2. The largest absolute Gasteiger partial charge is 0.396 e. The van der Waals surface area contributed by atoms with Crippen LogP contribution in [-0.4, -0.2) is 39.2 Å². The van der Waals surface area contributed by atoms with Gasteiger partial charge in [-0.1, -0.05) is 19.1 Å². The Morgan fingerprint density at radius 1 is 1.38 bits per heavy atom. The standard InChI is InChI=1S/C15H22N4O2/c1-4-15(5-2,10-20)9-16-14(21)11-6-7-13-12(8-11)17-18-19(13)3/h6-8,20H,4-5,9-10H2,1-3H3,(H,16,21). The van der Waals surface area contributed by atoms with Gasteiger partial charge in [-0.2, -0.15) is 0 Å². The number of nitrogens with zero attached hydrogens (tertiary/aromatic N) is 3. The number of hydrogen-bond donors (Lipinski definition) is 2. The van der Waals surface area contributed by atoms with Crippen molar-refractivity contribution in [1.82, 2.24) is 20.3 Å². The molecular weight excluding hydrogens is 268 g/mol. The molecule has 2 aromatic rings. The van der Waals surface area contributed by atoms with Gasteiger partial charge >= 0.3 is 0 Å². The third kappa shape index (κ3) is 3.05. The SMILES string of the molecule is CCC(CC)(CO)CNC(=O)c1ccc2c(c1)nnn2C. The lowest BCUT2D eigenvalue weighted by molar-refractivity contribution is 0.0851. The third-order valence-electron chi connectivity index (χ3n) is 4.33. The number of aliphatic hydroxyl groups is 1. The molecule has 21 heavy (non-hydrogen) atoms. The van der Waals surface area contributed by atoms with Gasteiger partial charge in [-0.3, -0.25) is 4.79 Å². The van der Waals surface area contributed by atoms with Crippen LogP contribution in [-0.2, 0) is 7.05 Å². The molecule has 1 amide bonds. The van der Waals surface area contributed by atoms with Crippen LogP contribution in [0, 0.1) is 5.41 Å². The first kappa shape index (κ1) is 15.4. The molecule has 0 aliphatic heterocycles. The van der Waals surface area contributed by atoms with Crippen LogP contribution in [0.3, 0.4) is 0 Å². The number of nitrogens with one attached hydrogen (secondary N) is 1. The fourth-order valence-electron chi connectivity index (χ4n) is 2.33. The highest BCUT2D eigenvalue weighted by Crippen LogP contribution is 2.24. The number of carbonyl (C=O) groups is 1. The molecule has 1 aromatic carbocycles. The number of benzene rings is 1. The van der Waals surface area contributed by atoms with Crippen LogP contribution in [0.25, 0.3) is 11.0 Å². The Bertz CT molecular complexity index is 623. The summed E-state index contributed by atoms with van der Waals surface area (Å²) in [6.07, 6.45) is 1.65. The number of fused-ring (bicyclic) bond motifs is 1. The summed E-state index contributed by atoms with van der Waals surface area (Å²) in [7, 11) is 1.81. The van der Waals surface area contributed by atoms with Crippen molar-refractivity contribution in [1.29, 1.82) is 0 Å². The molecule has 0 spiro atoms. The molecule has 6 heteroatoms. The highest BCUT2D eigenvalue weighted by molar-refractivity contribution is 5.97. The summed E-state index contributed by atoms with van der Waals surface area (Å²) in [5, 5.41) is 20.4. The molecule has 1 aromatic heterocycles. The van der Waals surface area contributed by atoms with E-state index in [1.54, 1.807) is 16.8 Å². The summed E-state index contributed by atoms with van der Waals surface area (Å²) in [5.74, 6) is -0.151. The van der Waals surface area contributed by atoms with E-state index in [4.69, 9.17) is 0 Å². The normalized spacial score (nSPS) is 11.8. The van der Waals surface area contributed by atoms with Crippen LogP contribution in [0.5, 0.6) is 0 Å². The maximum absolute atomic E-state index is 12.2. The molecule has 2 rings (SSSR count). The van der Waals surface area contributed by atoms with Crippen LogP contribution in [0.4, 0.5) is 0 Å². The van der Waals surface area contributed by atoms with Crippen LogP contribution >= 0.6 is 0 Å². The summed E-state index contributed by atoms with van der Waals surface area (Å²) in [4.78, 5) is 12.2. The maximum Gasteiger partial charge on any atom is 0.251 e. The second-order valence-electron chi connectivity index (χ2n) is 5.46. The zero-order chi connectivity index (χ0) is 15.5. The van der Waals surface area contributed by atoms with E-state index in [-0.39, 0.29) is 17.9 Å². The molecule has 0 saturated carbocycles. The Balaban J connectivity index is 2.11. The molecular formula is C15H22N4O2. The van der Waals surface area contributed by atoms with Crippen molar-refractivity contribution < 1.29 is 9.90 Å². The van der Waals surface area contributed by atoms with Gasteiger partial charge in [-0.25, -0.2) is 4.68 Å². The number of rotatable bonds is 6. The second-order valence-corrected chi connectivity index (χ2v) is 5.46. The average Bonchev–Trinajstić information content (AvgIpc) is 2.90. The number of amides is 1. The minimum absolute atomic E-state index is 0.0729. The highest BCUT2D eigenvalue weighted by Gasteiger charge is 2.26. The summed E-state index contributed by atoms with van der Waals surface area (Å²) in [6.45, 7) is 4.59. The molecule has 114 valence electrons. The van der Waals surface area contributed by atoms with Gasteiger partial charge in [0.15, 0.2) is 0 Å². The molecule has 0 aliphatic rings. The van der Waals surface area contributed by atoms with E-state index in [1.807, 2.05) is 27.0 Å². The van der Waals surface area contributed by atoms with E-state index in [2.05, 4.69) is 15.6 Å². The van der Waals surface area contributed by atoms with Crippen molar-refractivity contribution in [2.24, 2.45) is 12.5 Å². The summed E-state index contributed by atoms with van der Waals surface area (Å²) >= 11 is 0. The first-order chi connectivity index (χ1) is 10.0. The van der Waals surface area contributed by atoms with Gasteiger partial charge in [0.25, 0.3) is 5.91 Å². The predicted molar refractivity (Wildman–Crippen MR) is 80.9 cm³/mol. The Hall–Kier alpha value is -1.95. The van der Waals surface area contributed by atoms with Crippen LogP contribution in [0.1, 0.15) is 37.0 Å². The smallest absolute Gasteiger partial charge is 0.251 e. The molecule has 2 N–H and O–H groups in total. The second kappa shape index (κ2) is 6.22. The summed E-state index contributed by atoms with van der Waals surface area (Å²) in [6, 6.07) is 5.33. The predicted octanol–water partition coefficient (Wildman–Crippen LogP) is 1.50. The Kier molecular flexibility index (Phi) is 4.57. The number of aromatic nitrogens is 3. The van der Waals surface area contributed by atoms with E-state index in [9.17, 15) is 9.90 Å². The number of carbonyl (C=O) groups excluding carboxylic acids is 1. The first-order valence-electron chi connectivity index (χ1n) is 7.23. The lowest BCUT2D eigenvalue weighted by atomic mass is 9.83. The van der Waals surface area contributed by atoms with Crippen molar-refractivity contribution in [3.8, 4) is 0 Å². The number of aryl methyl sites for hydroxylation is 1. The molecule has 0 bridgehead atoms. The molecule has 1 heterocycles. The third-order valence-corrected chi connectivity index (χ3v) is 4.33. The van der Waals surface area contributed by atoms with E-state index in [1.165, 1.54) is 0 Å². The monoisotopic (exact) mass is 290 g/mol. The van der Waals surface area contributed by atoms with Crippen molar-refractivity contribution in [3.63, 3.8) is 0 Å². The molecule has 0 unspecified atom stereocenters. The van der Waals surface area contributed by atoms with Gasteiger partial charge in [-0.05, 0) is 31.0 Å². The minimum Gasteiger partial charge on any atom is -0.396 e. The fraction of sp³-hybridized carbons (Fsp3) is 0.533. The Morgan fingerprint density at radius 3 is 2.71 bits per heavy atom. The fourth-order valence-corrected chi connectivity index (χ4v) is 2.33. The molecule has 0 fully saturated rings. The molecule has 6 nitrogen and oxygen atoms in total. The van der Waals surface area contributed by atoms with Gasteiger partial charge < -0.3 is 10.4 Å². The molecule has 0 saturated heterocycles. The van der Waals surface area contributed by atoms with Crippen molar-refractivity contribution in [3.05, 3.63) is 23.8 Å². The highest BCUT2D eigenvalue weighted by atomic mass is 16.3. The van der Waals surface area contributed by atoms with Crippen molar-refractivity contribution in [2.45, 2.75) is 26.7 Å². The van der Waals surface area contributed by atoms with Gasteiger partial charge in [0.2, 0.25) is 0 Å². The Labute approximate surface area is 124 Å². The van der Waals surface area contributed by atoms with Crippen LogP contribution < -0.4 is 5.32 Å². The minimum atomic E-state index is -0.244. The van der Waals surface area contributed by atoms with E-state index in [0.29, 0.717) is 17.6 Å².